The fourth-order valence-corrected chi connectivity index (χ4v) is 3.08. The molecule has 27 heavy (non-hydrogen) atoms. The molecule has 0 atom stereocenters. The van der Waals surface area contributed by atoms with Crippen molar-refractivity contribution in [1.29, 1.82) is 0 Å². The lowest BCUT2D eigenvalue weighted by Gasteiger charge is -2.06. The van der Waals surface area contributed by atoms with Gasteiger partial charge in [-0.05, 0) is 36.2 Å². The number of aromatic nitrogens is 4. The lowest BCUT2D eigenvalue weighted by molar-refractivity contribution is 0.101. The van der Waals surface area contributed by atoms with Crippen LogP contribution in [-0.4, -0.2) is 25.1 Å². The smallest absolute Gasteiger partial charge is 0.159 e. The Morgan fingerprint density at radius 2 is 1.74 bits per heavy atom. The van der Waals surface area contributed by atoms with Crippen LogP contribution in [0.5, 0.6) is 0 Å². The van der Waals surface area contributed by atoms with Crippen LogP contribution < -0.4 is 0 Å². The van der Waals surface area contributed by atoms with Crippen molar-refractivity contribution in [3.05, 3.63) is 84.6 Å². The molecular weight excluding hydrogens is 336 g/mol. The summed E-state index contributed by atoms with van der Waals surface area (Å²) in [6.07, 6.45) is 5.62. The molecule has 0 fully saturated rings. The zero-order chi connectivity index (χ0) is 18.8. The molecule has 0 bridgehead atoms. The molecule has 0 aliphatic heterocycles. The lowest BCUT2D eigenvalue weighted by Crippen LogP contribution is -2.04. The van der Waals surface area contributed by atoms with E-state index in [1.165, 1.54) is 0 Å². The molecule has 0 amide bonds. The molecule has 2 heterocycles. The summed E-state index contributed by atoms with van der Waals surface area (Å²) in [5.74, 6) is 0.0712. The number of hydrogen-bond donors (Lipinski definition) is 0. The molecule has 2 aromatic carbocycles. The van der Waals surface area contributed by atoms with Crippen LogP contribution in [0.15, 0.2) is 73.3 Å². The monoisotopic (exact) mass is 356 g/mol. The van der Waals surface area contributed by atoms with Gasteiger partial charge in [-0.3, -0.25) is 9.48 Å². The highest BCUT2D eigenvalue weighted by molar-refractivity contribution is 5.95. The average molecular weight is 356 g/mol. The van der Waals surface area contributed by atoms with E-state index < -0.39 is 0 Å². The van der Waals surface area contributed by atoms with Gasteiger partial charge in [0.2, 0.25) is 0 Å². The summed E-state index contributed by atoms with van der Waals surface area (Å²) in [5.41, 5.74) is 5.87. The number of rotatable bonds is 5. The summed E-state index contributed by atoms with van der Waals surface area (Å²) in [6.45, 7) is 2.27. The Balaban J connectivity index is 1.62. The minimum atomic E-state index is 0.0712. The van der Waals surface area contributed by atoms with Crippen LogP contribution in [0.1, 0.15) is 23.0 Å². The predicted octanol–water partition coefficient (Wildman–Crippen LogP) is 4.20. The Morgan fingerprint density at radius 1 is 1.00 bits per heavy atom. The van der Waals surface area contributed by atoms with E-state index in [1.807, 2.05) is 65.1 Å². The van der Waals surface area contributed by atoms with Crippen molar-refractivity contribution in [2.45, 2.75) is 13.5 Å². The van der Waals surface area contributed by atoms with E-state index in [4.69, 9.17) is 5.10 Å². The van der Waals surface area contributed by atoms with Gasteiger partial charge in [-0.15, -0.1) is 0 Å². The maximum atomic E-state index is 11.7. The average Bonchev–Trinajstić information content (AvgIpc) is 3.32. The van der Waals surface area contributed by atoms with Crippen LogP contribution in [0.25, 0.3) is 22.4 Å². The van der Waals surface area contributed by atoms with Gasteiger partial charge in [-0.2, -0.15) is 5.10 Å². The van der Waals surface area contributed by atoms with Crippen molar-refractivity contribution >= 4 is 5.78 Å². The number of carbonyl (C=O) groups is 1. The molecule has 134 valence electrons. The minimum Gasteiger partial charge on any atom is -0.336 e. The van der Waals surface area contributed by atoms with Crippen molar-refractivity contribution in [2.24, 2.45) is 7.05 Å². The van der Waals surface area contributed by atoms with E-state index in [2.05, 4.69) is 23.2 Å². The van der Waals surface area contributed by atoms with Crippen LogP contribution in [0, 0.1) is 0 Å². The second-order valence-corrected chi connectivity index (χ2v) is 6.61. The number of carbonyl (C=O) groups excluding carboxylic acids is 1. The van der Waals surface area contributed by atoms with Crippen LogP contribution in [0.4, 0.5) is 0 Å². The lowest BCUT2D eigenvalue weighted by atomic mass is 9.99. The van der Waals surface area contributed by atoms with E-state index in [9.17, 15) is 4.79 Å². The molecular formula is C22H20N4O. The van der Waals surface area contributed by atoms with Crippen LogP contribution in [0.2, 0.25) is 0 Å². The number of Topliss-reactive ketones (excluding diaryl/α,β-unsaturated/α-hetero) is 1. The molecule has 5 nitrogen and oxygen atoms in total. The first-order valence-corrected chi connectivity index (χ1v) is 8.80. The van der Waals surface area contributed by atoms with E-state index in [-0.39, 0.29) is 5.78 Å². The molecule has 4 rings (SSSR count). The molecule has 0 radical (unpaired) electrons. The highest BCUT2D eigenvalue weighted by atomic mass is 16.1. The molecule has 0 N–H and O–H groups in total. The molecule has 2 aromatic heterocycles. The zero-order valence-corrected chi connectivity index (χ0v) is 15.3. The van der Waals surface area contributed by atoms with Crippen molar-refractivity contribution in [3.8, 4) is 22.4 Å². The van der Waals surface area contributed by atoms with Gasteiger partial charge in [0.05, 0.1) is 30.5 Å². The van der Waals surface area contributed by atoms with Gasteiger partial charge in [0.15, 0.2) is 5.78 Å². The number of imidazole rings is 1. The van der Waals surface area contributed by atoms with Crippen LogP contribution >= 0.6 is 0 Å². The summed E-state index contributed by atoms with van der Waals surface area (Å²) in [4.78, 5) is 15.8. The first-order chi connectivity index (χ1) is 13.1. The maximum absolute atomic E-state index is 11.7. The van der Waals surface area contributed by atoms with E-state index in [1.54, 1.807) is 13.3 Å². The minimum absolute atomic E-state index is 0.0712. The first-order valence-electron chi connectivity index (χ1n) is 8.80. The Kier molecular flexibility index (Phi) is 4.42. The number of benzene rings is 2. The maximum Gasteiger partial charge on any atom is 0.159 e. The topological polar surface area (TPSA) is 52.7 Å². The molecule has 0 aliphatic carbocycles. The normalized spacial score (nSPS) is 10.9. The summed E-state index contributed by atoms with van der Waals surface area (Å²) < 4.78 is 3.90. The third-order valence-electron chi connectivity index (χ3n) is 4.64. The Labute approximate surface area is 157 Å². The highest BCUT2D eigenvalue weighted by Crippen LogP contribution is 2.26. The molecule has 4 aromatic rings. The predicted molar refractivity (Wildman–Crippen MR) is 105 cm³/mol. The van der Waals surface area contributed by atoms with Crippen molar-refractivity contribution in [2.75, 3.05) is 0 Å². The third-order valence-corrected chi connectivity index (χ3v) is 4.64. The Morgan fingerprint density at radius 3 is 2.48 bits per heavy atom. The molecule has 5 heteroatoms. The Bertz CT molecular complexity index is 1110. The van der Waals surface area contributed by atoms with Gasteiger partial charge in [-0.25, -0.2) is 4.98 Å². The number of nitrogens with zero attached hydrogens (tertiary/aromatic N) is 4. The van der Waals surface area contributed by atoms with Gasteiger partial charge in [0.25, 0.3) is 0 Å². The molecule has 0 saturated heterocycles. The Hall–Kier alpha value is -3.47. The summed E-state index contributed by atoms with van der Waals surface area (Å²) in [6, 6.07) is 18.0. The highest BCUT2D eigenvalue weighted by Gasteiger charge is 2.08. The molecule has 0 spiro atoms. The number of ketones is 1. The standard InChI is InChI=1S/C22H20N4O/c1-16(27)17-5-3-6-18(11-17)19-7-4-8-20(12-19)22-9-10-26(24-22)14-21-13-23-15-25(21)2/h3-13,15H,14H2,1-2H3. The second-order valence-electron chi connectivity index (χ2n) is 6.61. The summed E-state index contributed by atoms with van der Waals surface area (Å²) >= 11 is 0. The van der Waals surface area contributed by atoms with Crippen molar-refractivity contribution in [3.63, 3.8) is 0 Å². The largest absolute Gasteiger partial charge is 0.336 e. The fourth-order valence-electron chi connectivity index (χ4n) is 3.08. The van der Waals surface area contributed by atoms with Crippen molar-refractivity contribution in [1.82, 2.24) is 19.3 Å². The van der Waals surface area contributed by atoms with Gasteiger partial charge < -0.3 is 4.57 Å². The van der Waals surface area contributed by atoms with E-state index in [0.717, 1.165) is 33.6 Å². The van der Waals surface area contributed by atoms with Gasteiger partial charge in [-0.1, -0.05) is 36.4 Å². The summed E-state index contributed by atoms with van der Waals surface area (Å²) in [5, 5.41) is 4.70. The zero-order valence-electron chi connectivity index (χ0n) is 15.3. The van der Waals surface area contributed by atoms with E-state index >= 15 is 0 Å². The second kappa shape index (κ2) is 7.03. The van der Waals surface area contributed by atoms with E-state index in [0.29, 0.717) is 6.54 Å². The van der Waals surface area contributed by atoms with Gasteiger partial charge in [0, 0.05) is 24.4 Å². The summed E-state index contributed by atoms with van der Waals surface area (Å²) in [7, 11) is 1.98. The van der Waals surface area contributed by atoms with Crippen LogP contribution in [-0.2, 0) is 13.6 Å². The SMILES string of the molecule is CC(=O)c1cccc(-c2cccc(-c3ccn(Cc4cncn4C)n3)c2)c1. The quantitative estimate of drug-likeness (QED) is 0.504. The third kappa shape index (κ3) is 3.58. The molecule has 0 saturated carbocycles. The first kappa shape index (κ1) is 17.0. The van der Waals surface area contributed by atoms with Gasteiger partial charge in [0.1, 0.15) is 0 Å². The van der Waals surface area contributed by atoms with Gasteiger partial charge >= 0.3 is 0 Å². The number of hydrogen-bond acceptors (Lipinski definition) is 3. The molecule has 0 aliphatic rings. The fraction of sp³-hybridized carbons (Fsp3) is 0.136. The molecule has 0 unspecified atom stereocenters. The van der Waals surface area contributed by atoms with Crippen LogP contribution in [0.3, 0.4) is 0 Å². The van der Waals surface area contributed by atoms with Crippen molar-refractivity contribution < 1.29 is 4.79 Å². The number of aryl methyl sites for hydroxylation is 1.